The van der Waals surface area contributed by atoms with Crippen molar-refractivity contribution in [2.24, 2.45) is 0 Å². The summed E-state index contributed by atoms with van der Waals surface area (Å²) in [4.78, 5) is 26.3. The van der Waals surface area contributed by atoms with Gasteiger partial charge in [-0.3, -0.25) is 15.0 Å². The van der Waals surface area contributed by atoms with Gasteiger partial charge in [-0.05, 0) is 45.0 Å². The Hall–Kier alpha value is -1.60. The molecule has 26 heavy (non-hydrogen) atoms. The third kappa shape index (κ3) is 5.99. The van der Waals surface area contributed by atoms with Crippen LogP contribution >= 0.6 is 15.9 Å². The summed E-state index contributed by atoms with van der Waals surface area (Å²) < 4.78 is 6.33. The van der Waals surface area contributed by atoms with Gasteiger partial charge in [0.1, 0.15) is 5.75 Å². The summed E-state index contributed by atoms with van der Waals surface area (Å²) in [5.41, 5.74) is 0.968. The van der Waals surface area contributed by atoms with E-state index in [2.05, 4.69) is 26.6 Å². The molecule has 1 aliphatic carbocycles. The molecule has 6 nitrogen and oxygen atoms in total. The number of halogens is 1. The van der Waals surface area contributed by atoms with Crippen molar-refractivity contribution in [2.75, 3.05) is 14.2 Å². The van der Waals surface area contributed by atoms with Crippen molar-refractivity contribution < 1.29 is 14.3 Å². The van der Waals surface area contributed by atoms with Crippen LogP contribution in [0.15, 0.2) is 22.7 Å². The SMILES string of the molecule is COc1ccc(Br)cc1CN(C)[C@@H](C)C(=O)NC(=O)NC1CCCCC1. The highest BCUT2D eigenvalue weighted by Gasteiger charge is 2.23. The average Bonchev–Trinajstić information content (AvgIpc) is 2.61. The van der Waals surface area contributed by atoms with Gasteiger partial charge in [0.15, 0.2) is 0 Å². The maximum absolute atomic E-state index is 12.4. The van der Waals surface area contributed by atoms with Crippen LogP contribution in [-0.2, 0) is 11.3 Å². The van der Waals surface area contributed by atoms with Gasteiger partial charge in [0.05, 0.1) is 13.2 Å². The molecule has 0 radical (unpaired) electrons. The molecule has 2 rings (SSSR count). The number of carbonyl (C=O) groups is 2. The van der Waals surface area contributed by atoms with Gasteiger partial charge in [-0.25, -0.2) is 4.79 Å². The van der Waals surface area contributed by atoms with Crippen molar-refractivity contribution >= 4 is 27.9 Å². The fraction of sp³-hybridized carbons (Fsp3) is 0.579. The van der Waals surface area contributed by atoms with Crippen LogP contribution < -0.4 is 15.4 Å². The normalized spacial score (nSPS) is 16.2. The summed E-state index contributed by atoms with van der Waals surface area (Å²) in [6, 6.07) is 5.09. The Morgan fingerprint density at radius 1 is 1.31 bits per heavy atom. The first-order valence-corrected chi connectivity index (χ1v) is 9.84. The van der Waals surface area contributed by atoms with Crippen molar-refractivity contribution in [3.05, 3.63) is 28.2 Å². The highest BCUT2D eigenvalue weighted by atomic mass is 79.9. The zero-order valence-corrected chi connectivity index (χ0v) is 17.3. The Labute approximate surface area is 163 Å². The number of nitrogens with one attached hydrogen (secondary N) is 2. The molecule has 0 saturated heterocycles. The molecule has 1 aromatic rings. The van der Waals surface area contributed by atoms with Gasteiger partial charge in [-0.15, -0.1) is 0 Å². The van der Waals surface area contributed by atoms with Gasteiger partial charge < -0.3 is 10.1 Å². The van der Waals surface area contributed by atoms with E-state index < -0.39 is 12.1 Å². The lowest BCUT2D eigenvalue weighted by Gasteiger charge is -2.26. The molecular weight excluding hydrogens is 398 g/mol. The van der Waals surface area contributed by atoms with E-state index in [1.807, 2.05) is 30.1 Å². The van der Waals surface area contributed by atoms with E-state index in [0.717, 1.165) is 41.5 Å². The number of urea groups is 1. The second kappa shape index (κ2) is 9.92. The molecule has 7 heteroatoms. The molecule has 1 saturated carbocycles. The molecular formula is C19H28BrN3O3. The third-order valence-corrected chi connectivity index (χ3v) is 5.37. The van der Waals surface area contributed by atoms with Crippen LogP contribution in [0.2, 0.25) is 0 Å². The molecule has 0 bridgehead atoms. The van der Waals surface area contributed by atoms with Crippen LogP contribution in [-0.4, -0.2) is 43.1 Å². The molecule has 0 unspecified atom stereocenters. The minimum absolute atomic E-state index is 0.176. The number of nitrogens with zero attached hydrogens (tertiary/aromatic N) is 1. The summed E-state index contributed by atoms with van der Waals surface area (Å²) in [7, 11) is 3.47. The molecule has 1 aliphatic rings. The van der Waals surface area contributed by atoms with Crippen LogP contribution in [0.1, 0.15) is 44.6 Å². The predicted octanol–water partition coefficient (Wildman–Crippen LogP) is 3.44. The number of likely N-dealkylation sites (N-methyl/N-ethyl adjacent to an activating group) is 1. The monoisotopic (exact) mass is 425 g/mol. The molecule has 0 aromatic heterocycles. The Morgan fingerprint density at radius 2 is 2.00 bits per heavy atom. The molecule has 0 heterocycles. The number of methoxy groups -OCH3 is 1. The predicted molar refractivity (Wildman–Crippen MR) is 105 cm³/mol. The Bertz CT molecular complexity index is 632. The average molecular weight is 426 g/mol. The smallest absolute Gasteiger partial charge is 0.321 e. The van der Waals surface area contributed by atoms with E-state index in [1.54, 1.807) is 14.0 Å². The summed E-state index contributed by atoms with van der Waals surface area (Å²) >= 11 is 3.45. The molecule has 2 N–H and O–H groups in total. The zero-order chi connectivity index (χ0) is 19.1. The van der Waals surface area contributed by atoms with Gasteiger partial charge in [0, 0.05) is 22.6 Å². The molecule has 3 amide bonds. The van der Waals surface area contributed by atoms with E-state index >= 15 is 0 Å². The van der Waals surface area contributed by atoms with E-state index in [0.29, 0.717) is 6.54 Å². The number of rotatable bonds is 6. The van der Waals surface area contributed by atoms with Crippen LogP contribution in [0.25, 0.3) is 0 Å². The van der Waals surface area contributed by atoms with Gasteiger partial charge in [-0.1, -0.05) is 35.2 Å². The number of hydrogen-bond acceptors (Lipinski definition) is 4. The summed E-state index contributed by atoms with van der Waals surface area (Å²) in [6.45, 7) is 2.31. The Kier molecular flexibility index (Phi) is 7.90. The number of imide groups is 1. The minimum Gasteiger partial charge on any atom is -0.496 e. The van der Waals surface area contributed by atoms with Crippen molar-refractivity contribution in [1.29, 1.82) is 0 Å². The molecule has 0 spiro atoms. The lowest BCUT2D eigenvalue weighted by Crippen LogP contribution is -2.50. The summed E-state index contributed by atoms with van der Waals surface area (Å²) in [5.74, 6) is 0.456. The van der Waals surface area contributed by atoms with Crippen molar-refractivity contribution in [2.45, 2.75) is 57.7 Å². The molecule has 144 valence electrons. The van der Waals surface area contributed by atoms with Gasteiger partial charge in [-0.2, -0.15) is 0 Å². The topological polar surface area (TPSA) is 70.7 Å². The first-order valence-electron chi connectivity index (χ1n) is 9.04. The second-order valence-corrected chi connectivity index (χ2v) is 7.76. The summed E-state index contributed by atoms with van der Waals surface area (Å²) in [6.07, 6.45) is 5.46. The molecule has 1 atom stereocenters. The van der Waals surface area contributed by atoms with Crippen LogP contribution in [0.3, 0.4) is 0 Å². The second-order valence-electron chi connectivity index (χ2n) is 6.84. The largest absolute Gasteiger partial charge is 0.496 e. The molecule has 1 aromatic carbocycles. The lowest BCUT2D eigenvalue weighted by molar-refractivity contribution is -0.124. The molecule has 1 fully saturated rings. The highest BCUT2D eigenvalue weighted by molar-refractivity contribution is 9.10. The zero-order valence-electron chi connectivity index (χ0n) is 15.7. The standard InChI is InChI=1S/C19H28BrN3O3/c1-13(18(24)22-19(25)21-16-7-5-4-6-8-16)23(2)12-14-11-15(20)9-10-17(14)26-3/h9-11,13,16H,4-8,12H2,1-3H3,(H2,21,22,24,25)/t13-/m0/s1. The fourth-order valence-electron chi connectivity index (χ4n) is 3.16. The van der Waals surface area contributed by atoms with E-state index in [9.17, 15) is 9.59 Å². The Morgan fingerprint density at radius 3 is 2.65 bits per heavy atom. The highest BCUT2D eigenvalue weighted by Crippen LogP contribution is 2.24. The van der Waals surface area contributed by atoms with Gasteiger partial charge in [0.25, 0.3) is 0 Å². The van der Waals surface area contributed by atoms with E-state index in [4.69, 9.17) is 4.74 Å². The summed E-state index contributed by atoms with van der Waals surface area (Å²) in [5, 5.41) is 5.37. The number of ether oxygens (including phenoxy) is 1. The Balaban J connectivity index is 1.88. The van der Waals surface area contributed by atoms with E-state index in [-0.39, 0.29) is 11.9 Å². The minimum atomic E-state index is -0.448. The quantitative estimate of drug-likeness (QED) is 0.731. The lowest BCUT2D eigenvalue weighted by atomic mass is 9.96. The maximum Gasteiger partial charge on any atom is 0.321 e. The number of amides is 3. The maximum atomic E-state index is 12.4. The first kappa shape index (κ1) is 20.7. The van der Waals surface area contributed by atoms with Crippen LogP contribution in [0.5, 0.6) is 5.75 Å². The van der Waals surface area contributed by atoms with Crippen LogP contribution in [0.4, 0.5) is 4.79 Å². The van der Waals surface area contributed by atoms with Gasteiger partial charge >= 0.3 is 6.03 Å². The van der Waals surface area contributed by atoms with Crippen molar-refractivity contribution in [3.63, 3.8) is 0 Å². The first-order chi connectivity index (χ1) is 12.4. The third-order valence-electron chi connectivity index (χ3n) is 4.88. The van der Waals surface area contributed by atoms with Crippen LogP contribution in [0, 0.1) is 0 Å². The number of hydrogen-bond donors (Lipinski definition) is 2. The van der Waals surface area contributed by atoms with Gasteiger partial charge in [0.2, 0.25) is 5.91 Å². The molecule has 0 aliphatic heterocycles. The fourth-order valence-corrected chi connectivity index (χ4v) is 3.57. The van der Waals surface area contributed by atoms with Crippen molar-refractivity contribution in [1.82, 2.24) is 15.5 Å². The van der Waals surface area contributed by atoms with E-state index in [1.165, 1.54) is 6.42 Å². The number of benzene rings is 1. The van der Waals surface area contributed by atoms with Crippen molar-refractivity contribution in [3.8, 4) is 5.75 Å². The number of carbonyl (C=O) groups excluding carboxylic acids is 2.